The molecule has 2 N–H and O–H groups in total. The van der Waals surface area contributed by atoms with E-state index < -0.39 is 0 Å². The van der Waals surface area contributed by atoms with E-state index >= 15 is 0 Å². The van der Waals surface area contributed by atoms with Crippen molar-refractivity contribution in [2.45, 2.75) is 78.0 Å². The van der Waals surface area contributed by atoms with E-state index in [0.29, 0.717) is 17.9 Å². The molecular weight excluding hydrogens is 422 g/mol. The molecule has 0 saturated heterocycles. The van der Waals surface area contributed by atoms with Crippen molar-refractivity contribution in [2.24, 2.45) is 0 Å². The van der Waals surface area contributed by atoms with Crippen molar-refractivity contribution in [1.82, 2.24) is 30.2 Å². The van der Waals surface area contributed by atoms with E-state index in [9.17, 15) is 0 Å². The van der Waals surface area contributed by atoms with Crippen LogP contribution in [0, 0.1) is 6.92 Å². The number of thiazole rings is 1. The Morgan fingerprint density at radius 1 is 1.12 bits per heavy atom. The summed E-state index contributed by atoms with van der Waals surface area (Å²) in [5, 5.41) is 7.41. The third-order valence-corrected chi connectivity index (χ3v) is 6.14. The van der Waals surface area contributed by atoms with Gasteiger partial charge in [-0.2, -0.15) is 4.98 Å². The van der Waals surface area contributed by atoms with E-state index in [2.05, 4.69) is 49.4 Å². The molecule has 0 aromatic carbocycles. The lowest BCUT2D eigenvalue weighted by molar-refractivity contribution is 0.189. The SMILES string of the molecule is CCCCCC(C)Oc1nc(C)cc(-c2cnc(Nc3cnc(CNC4CC4)cn3)s2)n1. The van der Waals surface area contributed by atoms with Gasteiger partial charge in [0.25, 0.3) is 0 Å². The van der Waals surface area contributed by atoms with E-state index in [4.69, 9.17) is 4.74 Å². The minimum Gasteiger partial charge on any atom is -0.460 e. The van der Waals surface area contributed by atoms with Crippen LogP contribution in [0.5, 0.6) is 6.01 Å². The van der Waals surface area contributed by atoms with E-state index in [-0.39, 0.29) is 6.10 Å². The first-order valence-corrected chi connectivity index (χ1v) is 12.2. The molecule has 3 heterocycles. The Bertz CT molecular complexity index is 1000. The normalized spacial score (nSPS) is 14.3. The average molecular weight is 454 g/mol. The average Bonchev–Trinajstić information content (AvgIpc) is 3.49. The summed E-state index contributed by atoms with van der Waals surface area (Å²) in [5.74, 6) is 0.671. The summed E-state index contributed by atoms with van der Waals surface area (Å²) >= 11 is 1.51. The summed E-state index contributed by atoms with van der Waals surface area (Å²) in [6.07, 6.45) is 12.5. The lowest BCUT2D eigenvalue weighted by atomic mass is 10.1. The summed E-state index contributed by atoms with van der Waals surface area (Å²) in [5.41, 5.74) is 2.62. The number of rotatable bonds is 12. The van der Waals surface area contributed by atoms with Crippen molar-refractivity contribution < 1.29 is 4.74 Å². The van der Waals surface area contributed by atoms with Crippen LogP contribution in [0.1, 0.15) is 63.8 Å². The topological polar surface area (TPSA) is 97.7 Å². The number of hydrogen-bond donors (Lipinski definition) is 2. The van der Waals surface area contributed by atoms with Crippen LogP contribution in [-0.4, -0.2) is 37.1 Å². The highest BCUT2D eigenvalue weighted by Gasteiger charge is 2.20. The maximum absolute atomic E-state index is 5.98. The van der Waals surface area contributed by atoms with Gasteiger partial charge in [0.2, 0.25) is 0 Å². The van der Waals surface area contributed by atoms with E-state index in [1.807, 2.05) is 19.2 Å². The van der Waals surface area contributed by atoms with Gasteiger partial charge >= 0.3 is 6.01 Å². The number of ether oxygens (including phenoxy) is 1. The van der Waals surface area contributed by atoms with Crippen LogP contribution in [0.3, 0.4) is 0 Å². The molecule has 1 aliphatic rings. The molecule has 1 atom stereocenters. The van der Waals surface area contributed by atoms with Crippen LogP contribution in [-0.2, 0) is 6.54 Å². The fourth-order valence-corrected chi connectivity index (χ4v) is 4.03. The molecular formula is C23H31N7OS. The summed E-state index contributed by atoms with van der Waals surface area (Å²) < 4.78 is 5.98. The zero-order chi connectivity index (χ0) is 22.3. The van der Waals surface area contributed by atoms with Gasteiger partial charge in [-0.3, -0.25) is 4.98 Å². The second kappa shape index (κ2) is 10.8. The predicted molar refractivity (Wildman–Crippen MR) is 127 cm³/mol. The predicted octanol–water partition coefficient (Wildman–Crippen LogP) is 5.04. The highest BCUT2D eigenvalue weighted by molar-refractivity contribution is 7.18. The van der Waals surface area contributed by atoms with Crippen LogP contribution in [0.4, 0.5) is 10.9 Å². The first-order valence-electron chi connectivity index (χ1n) is 11.4. The standard InChI is InChI=1S/C23H31N7OS/c1-4-5-6-7-16(3)31-22-28-15(2)10-19(29-22)20-13-27-23(32-20)30-21-14-25-18(12-26-21)11-24-17-8-9-17/h10,12-14,16-17,24H,4-9,11H2,1-3H3,(H,26,27,30). The molecule has 9 heteroatoms. The molecule has 170 valence electrons. The van der Waals surface area contributed by atoms with Gasteiger partial charge in [-0.15, -0.1) is 0 Å². The lowest BCUT2D eigenvalue weighted by Crippen LogP contribution is -2.16. The van der Waals surface area contributed by atoms with Gasteiger partial charge in [0.15, 0.2) is 10.9 Å². The molecule has 0 radical (unpaired) electrons. The fraction of sp³-hybridized carbons (Fsp3) is 0.522. The molecule has 8 nitrogen and oxygen atoms in total. The minimum atomic E-state index is 0.0934. The molecule has 1 saturated carbocycles. The van der Waals surface area contributed by atoms with E-state index in [1.165, 1.54) is 37.0 Å². The van der Waals surface area contributed by atoms with Crippen LogP contribution >= 0.6 is 11.3 Å². The van der Waals surface area contributed by atoms with E-state index in [0.717, 1.165) is 46.5 Å². The second-order valence-corrected chi connectivity index (χ2v) is 9.33. The number of hydrogen-bond acceptors (Lipinski definition) is 9. The Hall–Kier alpha value is -2.65. The highest BCUT2D eigenvalue weighted by Crippen LogP contribution is 2.30. The van der Waals surface area contributed by atoms with Crippen LogP contribution < -0.4 is 15.4 Å². The first-order chi connectivity index (χ1) is 15.6. The number of unbranched alkanes of at least 4 members (excludes halogenated alkanes) is 2. The van der Waals surface area contributed by atoms with E-state index in [1.54, 1.807) is 12.4 Å². The van der Waals surface area contributed by atoms with Gasteiger partial charge in [-0.05, 0) is 45.6 Å². The maximum Gasteiger partial charge on any atom is 0.317 e. The number of aromatic nitrogens is 5. The Kier molecular flexibility index (Phi) is 7.59. The number of nitrogens with zero attached hydrogens (tertiary/aromatic N) is 5. The Balaban J connectivity index is 1.37. The number of nitrogens with one attached hydrogen (secondary N) is 2. The van der Waals surface area contributed by atoms with Gasteiger partial charge in [0.05, 0.1) is 34.8 Å². The van der Waals surface area contributed by atoms with Crippen molar-refractivity contribution in [3.05, 3.63) is 36.0 Å². The Morgan fingerprint density at radius 3 is 2.75 bits per heavy atom. The van der Waals surface area contributed by atoms with Crippen molar-refractivity contribution in [2.75, 3.05) is 5.32 Å². The van der Waals surface area contributed by atoms with Crippen LogP contribution in [0.25, 0.3) is 10.6 Å². The molecule has 32 heavy (non-hydrogen) atoms. The molecule has 0 bridgehead atoms. The molecule has 3 aromatic heterocycles. The maximum atomic E-state index is 5.98. The van der Waals surface area contributed by atoms with Gasteiger partial charge in [0, 0.05) is 24.5 Å². The lowest BCUT2D eigenvalue weighted by Gasteiger charge is -2.13. The van der Waals surface area contributed by atoms with Crippen LogP contribution in [0.2, 0.25) is 0 Å². The second-order valence-electron chi connectivity index (χ2n) is 8.30. The first kappa shape index (κ1) is 22.5. The molecule has 0 aliphatic heterocycles. The van der Waals surface area contributed by atoms with Crippen molar-refractivity contribution in [3.8, 4) is 16.6 Å². The molecule has 3 aromatic rings. The monoisotopic (exact) mass is 453 g/mol. The third-order valence-electron chi connectivity index (χ3n) is 5.20. The largest absolute Gasteiger partial charge is 0.460 e. The summed E-state index contributed by atoms with van der Waals surface area (Å²) in [4.78, 5) is 23.4. The number of aryl methyl sites for hydroxylation is 1. The molecule has 0 spiro atoms. The van der Waals surface area contributed by atoms with Gasteiger partial charge in [-0.25, -0.2) is 15.0 Å². The molecule has 1 unspecified atom stereocenters. The fourth-order valence-electron chi connectivity index (χ4n) is 3.25. The van der Waals surface area contributed by atoms with Crippen LogP contribution in [0.15, 0.2) is 24.7 Å². The van der Waals surface area contributed by atoms with Gasteiger partial charge < -0.3 is 15.4 Å². The summed E-state index contributed by atoms with van der Waals surface area (Å²) in [6.45, 7) is 6.99. The van der Waals surface area contributed by atoms with Gasteiger partial charge in [-0.1, -0.05) is 31.1 Å². The summed E-state index contributed by atoms with van der Waals surface area (Å²) in [6, 6.07) is 3.03. The smallest absolute Gasteiger partial charge is 0.317 e. The highest BCUT2D eigenvalue weighted by atomic mass is 32.1. The molecule has 4 rings (SSSR count). The zero-order valence-electron chi connectivity index (χ0n) is 19.0. The van der Waals surface area contributed by atoms with Gasteiger partial charge in [0.1, 0.15) is 0 Å². The quantitative estimate of drug-likeness (QED) is 0.368. The van der Waals surface area contributed by atoms with Crippen molar-refractivity contribution >= 4 is 22.3 Å². The summed E-state index contributed by atoms with van der Waals surface area (Å²) in [7, 11) is 0. The molecule has 1 aliphatic carbocycles. The zero-order valence-corrected chi connectivity index (χ0v) is 19.8. The molecule has 1 fully saturated rings. The minimum absolute atomic E-state index is 0.0934. The Labute approximate surface area is 193 Å². The number of anilines is 2. The Morgan fingerprint density at radius 2 is 2.00 bits per heavy atom. The van der Waals surface area contributed by atoms with Crippen molar-refractivity contribution in [3.63, 3.8) is 0 Å². The van der Waals surface area contributed by atoms with Crippen molar-refractivity contribution in [1.29, 1.82) is 0 Å². The molecule has 0 amide bonds. The third kappa shape index (κ3) is 6.67.